The van der Waals surface area contributed by atoms with Crippen LogP contribution in [-0.4, -0.2) is 35.6 Å². The lowest BCUT2D eigenvalue weighted by atomic mass is 10.1. The van der Waals surface area contributed by atoms with Gasteiger partial charge in [0.25, 0.3) is 11.1 Å². The van der Waals surface area contributed by atoms with E-state index in [4.69, 9.17) is 21.1 Å². The lowest BCUT2D eigenvalue weighted by molar-refractivity contribution is -0.127. The molecule has 0 aromatic heterocycles. The Balaban J connectivity index is 1.47. The molecule has 1 aliphatic heterocycles. The van der Waals surface area contributed by atoms with Crippen molar-refractivity contribution in [2.45, 2.75) is 6.61 Å². The molecule has 0 saturated carbocycles. The maximum Gasteiger partial charge on any atom is 0.294 e. The molecular formula is C26H19BrClFN2O5S. The molecule has 1 N–H and O–H groups in total. The van der Waals surface area contributed by atoms with Crippen LogP contribution in [0, 0.1) is 5.82 Å². The van der Waals surface area contributed by atoms with Crippen LogP contribution < -0.4 is 14.8 Å². The summed E-state index contributed by atoms with van der Waals surface area (Å²) in [5, 5.41) is 2.33. The molecule has 7 nitrogen and oxygen atoms in total. The Morgan fingerprint density at radius 2 is 1.89 bits per heavy atom. The third kappa shape index (κ3) is 6.51. The summed E-state index contributed by atoms with van der Waals surface area (Å²) in [7, 11) is 1.47. The van der Waals surface area contributed by atoms with Crippen LogP contribution in [0.3, 0.4) is 0 Å². The van der Waals surface area contributed by atoms with Crippen molar-refractivity contribution in [1.29, 1.82) is 0 Å². The van der Waals surface area contributed by atoms with Gasteiger partial charge >= 0.3 is 0 Å². The third-order valence-corrected chi connectivity index (χ3v) is 6.91. The second-order valence-corrected chi connectivity index (χ2v) is 10.0. The van der Waals surface area contributed by atoms with Gasteiger partial charge < -0.3 is 14.8 Å². The summed E-state index contributed by atoms with van der Waals surface area (Å²) in [4.78, 5) is 39.0. The van der Waals surface area contributed by atoms with Gasteiger partial charge in [0.05, 0.1) is 17.0 Å². The molecule has 3 aromatic carbocycles. The number of anilines is 1. The van der Waals surface area contributed by atoms with E-state index in [9.17, 15) is 18.8 Å². The minimum Gasteiger partial charge on any atom is -0.495 e. The number of hydrogen-bond donors (Lipinski definition) is 1. The van der Waals surface area contributed by atoms with Crippen LogP contribution in [0.4, 0.5) is 14.9 Å². The molecule has 0 unspecified atom stereocenters. The van der Waals surface area contributed by atoms with Crippen molar-refractivity contribution in [3.05, 3.63) is 92.0 Å². The highest BCUT2D eigenvalue weighted by atomic mass is 79.9. The lowest BCUT2D eigenvalue weighted by Gasteiger charge is -2.13. The van der Waals surface area contributed by atoms with E-state index in [-0.39, 0.29) is 11.5 Å². The van der Waals surface area contributed by atoms with Gasteiger partial charge in [-0.1, -0.05) is 45.7 Å². The molecule has 3 aromatic rings. The fraction of sp³-hybridized carbons (Fsp3) is 0.115. The molecule has 1 saturated heterocycles. The van der Waals surface area contributed by atoms with E-state index in [1.54, 1.807) is 48.5 Å². The van der Waals surface area contributed by atoms with Gasteiger partial charge in [-0.2, -0.15) is 0 Å². The molecule has 190 valence electrons. The zero-order valence-electron chi connectivity index (χ0n) is 19.3. The molecule has 1 heterocycles. The van der Waals surface area contributed by atoms with Crippen LogP contribution in [0.2, 0.25) is 5.02 Å². The van der Waals surface area contributed by atoms with Crippen LogP contribution in [0.5, 0.6) is 11.5 Å². The zero-order valence-corrected chi connectivity index (χ0v) is 22.5. The van der Waals surface area contributed by atoms with E-state index < -0.39 is 29.4 Å². The minimum absolute atomic E-state index is 0.0217. The number of nitrogens with one attached hydrogen (secondary N) is 1. The Morgan fingerprint density at radius 3 is 2.62 bits per heavy atom. The van der Waals surface area contributed by atoms with Gasteiger partial charge in [-0.25, -0.2) is 4.39 Å². The Hall–Kier alpha value is -3.34. The standard InChI is InChI=1S/C26H19BrClFN2O5S/c1-35-22-9-7-18(12-19(22)28)30-24(32)13-31-25(33)23(37-26(31)34)11-16-10-17(27)6-8-21(16)36-14-15-4-2-3-5-20(15)29/h2-12H,13-14H2,1H3,(H,30,32)/b23-11-. The fourth-order valence-corrected chi connectivity index (χ4v) is 4.87. The molecule has 1 fully saturated rings. The number of ether oxygens (including phenoxy) is 2. The van der Waals surface area contributed by atoms with Crippen LogP contribution in [0.1, 0.15) is 11.1 Å². The number of halogens is 3. The van der Waals surface area contributed by atoms with Gasteiger partial charge in [-0.15, -0.1) is 0 Å². The normalized spacial score (nSPS) is 14.3. The molecule has 0 radical (unpaired) electrons. The highest BCUT2D eigenvalue weighted by Gasteiger charge is 2.36. The number of carbonyl (C=O) groups excluding carboxylic acids is 3. The van der Waals surface area contributed by atoms with Crippen molar-refractivity contribution in [3.8, 4) is 11.5 Å². The number of thioether (sulfide) groups is 1. The van der Waals surface area contributed by atoms with Gasteiger partial charge in [0.2, 0.25) is 5.91 Å². The average molecular weight is 606 g/mol. The molecule has 3 amide bonds. The van der Waals surface area contributed by atoms with Gasteiger partial charge in [-0.3, -0.25) is 19.3 Å². The first kappa shape index (κ1) is 26.7. The summed E-state index contributed by atoms with van der Waals surface area (Å²) in [6.07, 6.45) is 1.51. The Kier molecular flexibility index (Phi) is 8.52. The van der Waals surface area contributed by atoms with E-state index in [0.717, 1.165) is 4.90 Å². The quantitative estimate of drug-likeness (QED) is 0.295. The Labute approximate surface area is 229 Å². The molecule has 37 heavy (non-hydrogen) atoms. The molecule has 0 spiro atoms. The predicted octanol–water partition coefficient (Wildman–Crippen LogP) is 6.50. The Bertz CT molecular complexity index is 1420. The first-order valence-corrected chi connectivity index (χ1v) is 12.8. The highest BCUT2D eigenvalue weighted by molar-refractivity contribution is 9.10. The van der Waals surface area contributed by atoms with Crippen LogP contribution in [0.15, 0.2) is 70.0 Å². The molecule has 1 aliphatic rings. The summed E-state index contributed by atoms with van der Waals surface area (Å²) in [6, 6.07) is 16.1. The summed E-state index contributed by atoms with van der Waals surface area (Å²) < 4.78 is 25.6. The number of nitrogens with zero attached hydrogens (tertiary/aromatic N) is 1. The van der Waals surface area contributed by atoms with Crippen molar-refractivity contribution in [3.63, 3.8) is 0 Å². The maximum atomic E-state index is 14.0. The number of benzene rings is 3. The van der Waals surface area contributed by atoms with Gasteiger partial charge in [-0.05, 0) is 60.3 Å². The maximum absolute atomic E-state index is 14.0. The lowest BCUT2D eigenvalue weighted by Crippen LogP contribution is -2.36. The predicted molar refractivity (Wildman–Crippen MR) is 144 cm³/mol. The molecule has 0 bridgehead atoms. The number of amides is 3. The fourth-order valence-electron chi connectivity index (χ4n) is 3.40. The largest absolute Gasteiger partial charge is 0.495 e. The monoisotopic (exact) mass is 604 g/mol. The number of hydrogen-bond acceptors (Lipinski definition) is 6. The molecule has 0 atom stereocenters. The van der Waals surface area contributed by atoms with E-state index in [1.165, 1.54) is 25.3 Å². The summed E-state index contributed by atoms with van der Waals surface area (Å²) >= 11 is 10.2. The number of methoxy groups -OCH3 is 1. The van der Waals surface area contributed by atoms with Crippen molar-refractivity contribution in [2.75, 3.05) is 19.0 Å². The summed E-state index contributed by atoms with van der Waals surface area (Å²) in [5.41, 5.74) is 1.28. The zero-order chi connectivity index (χ0) is 26.5. The first-order chi connectivity index (χ1) is 17.7. The van der Waals surface area contributed by atoms with Crippen LogP contribution in [0.25, 0.3) is 6.08 Å². The van der Waals surface area contributed by atoms with Crippen molar-refractivity contribution >= 4 is 68.1 Å². The minimum atomic E-state index is -0.613. The first-order valence-electron chi connectivity index (χ1n) is 10.8. The SMILES string of the molecule is COc1ccc(NC(=O)CN2C(=O)S/C(=C\c3cc(Br)ccc3OCc3ccccc3F)C2=O)cc1Cl. The van der Waals surface area contributed by atoms with Crippen LogP contribution >= 0.6 is 39.3 Å². The molecule has 0 aliphatic carbocycles. The summed E-state index contributed by atoms with van der Waals surface area (Å²) in [5.74, 6) is -0.732. The number of rotatable bonds is 8. The van der Waals surface area contributed by atoms with Crippen molar-refractivity contribution in [2.24, 2.45) is 0 Å². The summed E-state index contributed by atoms with van der Waals surface area (Å²) in [6.45, 7) is -0.493. The van der Waals surface area contributed by atoms with Gasteiger partial charge in [0.15, 0.2) is 0 Å². The van der Waals surface area contributed by atoms with E-state index >= 15 is 0 Å². The smallest absolute Gasteiger partial charge is 0.294 e. The topological polar surface area (TPSA) is 84.9 Å². The van der Waals surface area contributed by atoms with E-state index in [0.29, 0.717) is 49.6 Å². The highest BCUT2D eigenvalue weighted by Crippen LogP contribution is 2.35. The van der Waals surface area contributed by atoms with E-state index in [2.05, 4.69) is 21.2 Å². The molecule has 4 rings (SSSR count). The number of imide groups is 1. The van der Waals surface area contributed by atoms with Crippen LogP contribution in [-0.2, 0) is 16.2 Å². The number of carbonyl (C=O) groups is 3. The van der Waals surface area contributed by atoms with Gasteiger partial charge in [0, 0.05) is 21.3 Å². The second-order valence-electron chi connectivity index (χ2n) is 7.73. The van der Waals surface area contributed by atoms with Crippen molar-refractivity contribution < 1.29 is 28.2 Å². The molecule has 11 heteroatoms. The second kappa shape index (κ2) is 11.8. The van der Waals surface area contributed by atoms with Gasteiger partial charge in [0.1, 0.15) is 30.5 Å². The average Bonchev–Trinajstić information content (AvgIpc) is 3.12. The molecular weight excluding hydrogens is 587 g/mol. The Morgan fingerprint density at radius 1 is 1.14 bits per heavy atom. The third-order valence-electron chi connectivity index (χ3n) is 5.21. The van der Waals surface area contributed by atoms with E-state index in [1.807, 2.05) is 0 Å². The van der Waals surface area contributed by atoms with Crippen molar-refractivity contribution in [1.82, 2.24) is 4.90 Å².